The van der Waals surface area contributed by atoms with E-state index in [2.05, 4.69) is 12.2 Å². The third-order valence-electron chi connectivity index (χ3n) is 4.21. The zero-order valence-electron chi connectivity index (χ0n) is 12.0. The number of hydrogen-bond acceptors (Lipinski definition) is 3. The minimum Gasteiger partial charge on any atom is -0.382 e. The number of halogens is 1. The van der Waals surface area contributed by atoms with Gasteiger partial charge in [0.1, 0.15) is 5.02 Å². The van der Waals surface area contributed by atoms with Crippen LogP contribution in [0.25, 0.3) is 0 Å². The number of nitro groups is 1. The minimum absolute atomic E-state index is 0.0233. The molecule has 0 heterocycles. The smallest absolute Gasteiger partial charge is 0.288 e. The molecule has 1 aliphatic rings. The molecule has 0 amide bonds. The van der Waals surface area contributed by atoms with E-state index in [1.54, 1.807) is 12.1 Å². The Hall–Kier alpha value is -1.29. The lowest BCUT2D eigenvalue weighted by Crippen LogP contribution is -2.27. The van der Waals surface area contributed by atoms with E-state index >= 15 is 0 Å². The fourth-order valence-corrected chi connectivity index (χ4v) is 3.21. The van der Waals surface area contributed by atoms with Crippen molar-refractivity contribution in [3.63, 3.8) is 0 Å². The lowest BCUT2D eigenvalue weighted by atomic mass is 9.84. The van der Waals surface area contributed by atoms with Crippen LogP contribution in [-0.2, 0) is 0 Å². The van der Waals surface area contributed by atoms with Gasteiger partial charge in [-0.05, 0) is 37.3 Å². The summed E-state index contributed by atoms with van der Waals surface area (Å²) >= 11 is 5.99. The van der Waals surface area contributed by atoms with Crippen LogP contribution in [0.3, 0.4) is 0 Å². The van der Waals surface area contributed by atoms with Crippen LogP contribution in [0.5, 0.6) is 0 Å². The fourth-order valence-electron chi connectivity index (χ4n) is 2.97. The van der Waals surface area contributed by atoms with Gasteiger partial charge in [0.25, 0.3) is 5.69 Å². The van der Waals surface area contributed by atoms with Gasteiger partial charge in [-0.2, -0.15) is 0 Å². The number of benzene rings is 1. The Morgan fingerprint density at radius 2 is 2.20 bits per heavy atom. The number of nitrogens with one attached hydrogen (secondary N) is 1. The van der Waals surface area contributed by atoms with Gasteiger partial charge in [-0.1, -0.05) is 37.8 Å². The van der Waals surface area contributed by atoms with Crippen molar-refractivity contribution >= 4 is 23.0 Å². The molecule has 0 spiro atoms. The highest BCUT2D eigenvalue weighted by Crippen LogP contribution is 2.33. The zero-order chi connectivity index (χ0) is 14.7. The SMILES string of the molecule is CCC1CCCC(Nc2cc(Cl)c([N+](=O)[O-])cc2C)C1. The number of nitro benzene ring substituents is 1. The maximum Gasteiger partial charge on any atom is 0.288 e. The summed E-state index contributed by atoms with van der Waals surface area (Å²) in [7, 11) is 0. The standard InChI is InChI=1S/C15H21ClN2O2/c1-3-11-5-4-6-12(8-11)17-14-9-13(16)15(18(19)20)7-10(14)2/h7,9,11-12,17H,3-6,8H2,1-2H3. The maximum atomic E-state index is 10.9. The second kappa shape index (κ2) is 6.44. The summed E-state index contributed by atoms with van der Waals surface area (Å²) in [4.78, 5) is 10.4. The molecule has 0 aliphatic heterocycles. The molecule has 2 unspecified atom stereocenters. The molecule has 0 aromatic heterocycles. The van der Waals surface area contributed by atoms with Crippen molar-refractivity contribution in [2.45, 2.75) is 52.0 Å². The topological polar surface area (TPSA) is 55.2 Å². The summed E-state index contributed by atoms with van der Waals surface area (Å²) < 4.78 is 0. The molecule has 5 heteroatoms. The highest BCUT2D eigenvalue weighted by Gasteiger charge is 2.22. The van der Waals surface area contributed by atoms with Gasteiger partial charge in [0.05, 0.1) is 4.92 Å². The van der Waals surface area contributed by atoms with Crippen LogP contribution in [0.2, 0.25) is 5.02 Å². The Morgan fingerprint density at radius 1 is 1.45 bits per heavy atom. The summed E-state index contributed by atoms with van der Waals surface area (Å²) in [5, 5.41) is 14.6. The van der Waals surface area contributed by atoms with Gasteiger partial charge in [-0.15, -0.1) is 0 Å². The van der Waals surface area contributed by atoms with Crippen LogP contribution in [-0.4, -0.2) is 11.0 Å². The molecular formula is C15H21ClN2O2. The van der Waals surface area contributed by atoms with Gasteiger partial charge in [-0.3, -0.25) is 10.1 Å². The lowest BCUT2D eigenvalue weighted by Gasteiger charge is -2.30. The van der Waals surface area contributed by atoms with Gasteiger partial charge in [0.15, 0.2) is 0 Å². The summed E-state index contributed by atoms with van der Waals surface area (Å²) in [6.07, 6.45) is 6.11. The van der Waals surface area contributed by atoms with Gasteiger partial charge in [0.2, 0.25) is 0 Å². The monoisotopic (exact) mass is 296 g/mol. The van der Waals surface area contributed by atoms with E-state index in [4.69, 9.17) is 11.6 Å². The van der Waals surface area contributed by atoms with Crippen molar-refractivity contribution in [3.05, 3.63) is 32.8 Å². The molecule has 4 nitrogen and oxygen atoms in total. The van der Waals surface area contributed by atoms with Gasteiger partial charge >= 0.3 is 0 Å². The van der Waals surface area contributed by atoms with E-state index in [0.717, 1.165) is 23.6 Å². The first-order valence-electron chi connectivity index (χ1n) is 7.22. The highest BCUT2D eigenvalue weighted by atomic mass is 35.5. The summed E-state index contributed by atoms with van der Waals surface area (Å²) in [5.41, 5.74) is 1.77. The number of nitrogens with zero attached hydrogens (tertiary/aromatic N) is 1. The van der Waals surface area contributed by atoms with E-state index < -0.39 is 4.92 Å². The molecule has 1 aromatic rings. The van der Waals surface area contributed by atoms with E-state index in [0.29, 0.717) is 6.04 Å². The van der Waals surface area contributed by atoms with E-state index in [9.17, 15) is 10.1 Å². The van der Waals surface area contributed by atoms with Crippen molar-refractivity contribution in [1.29, 1.82) is 0 Å². The predicted molar refractivity (Wildman–Crippen MR) is 82.5 cm³/mol. The molecule has 0 saturated heterocycles. The zero-order valence-corrected chi connectivity index (χ0v) is 12.7. The van der Waals surface area contributed by atoms with Crippen molar-refractivity contribution in [2.24, 2.45) is 5.92 Å². The molecule has 1 N–H and O–H groups in total. The number of aryl methyl sites for hydroxylation is 1. The second-order valence-electron chi connectivity index (χ2n) is 5.66. The maximum absolute atomic E-state index is 10.9. The Balaban J connectivity index is 2.13. The average Bonchev–Trinajstić information content (AvgIpc) is 2.42. The van der Waals surface area contributed by atoms with Crippen LogP contribution in [0.4, 0.5) is 11.4 Å². The van der Waals surface area contributed by atoms with E-state index in [1.807, 2.05) is 6.92 Å². The second-order valence-corrected chi connectivity index (χ2v) is 6.06. The summed E-state index contributed by atoms with van der Waals surface area (Å²) in [5.74, 6) is 0.787. The quantitative estimate of drug-likeness (QED) is 0.632. The first kappa shape index (κ1) is 15.1. The third-order valence-corrected chi connectivity index (χ3v) is 4.51. The molecule has 110 valence electrons. The van der Waals surface area contributed by atoms with E-state index in [-0.39, 0.29) is 10.7 Å². The molecule has 0 bridgehead atoms. The first-order chi connectivity index (χ1) is 9.51. The molecule has 20 heavy (non-hydrogen) atoms. The molecule has 1 fully saturated rings. The van der Waals surface area contributed by atoms with Gasteiger partial charge in [0, 0.05) is 17.8 Å². The highest BCUT2D eigenvalue weighted by molar-refractivity contribution is 6.33. The van der Waals surface area contributed by atoms with Crippen molar-refractivity contribution in [3.8, 4) is 0 Å². The van der Waals surface area contributed by atoms with Crippen molar-refractivity contribution < 1.29 is 4.92 Å². The predicted octanol–water partition coefficient (Wildman–Crippen LogP) is 4.94. The van der Waals surface area contributed by atoms with Crippen LogP contribution in [0.1, 0.15) is 44.6 Å². The Kier molecular flexibility index (Phi) is 4.86. The van der Waals surface area contributed by atoms with E-state index in [1.165, 1.54) is 25.7 Å². The summed E-state index contributed by atoms with van der Waals surface area (Å²) in [6.45, 7) is 4.12. The molecule has 0 radical (unpaired) electrons. The van der Waals surface area contributed by atoms with Gasteiger partial charge in [-0.25, -0.2) is 0 Å². The Morgan fingerprint density at radius 3 is 2.85 bits per heavy atom. The fraction of sp³-hybridized carbons (Fsp3) is 0.600. The molecule has 1 aliphatic carbocycles. The minimum atomic E-state index is -0.438. The van der Waals surface area contributed by atoms with Crippen LogP contribution < -0.4 is 5.32 Å². The van der Waals surface area contributed by atoms with Crippen molar-refractivity contribution in [1.82, 2.24) is 0 Å². The number of hydrogen-bond donors (Lipinski definition) is 1. The van der Waals surface area contributed by atoms with Gasteiger partial charge < -0.3 is 5.32 Å². The third kappa shape index (κ3) is 3.42. The van der Waals surface area contributed by atoms with Crippen molar-refractivity contribution in [2.75, 3.05) is 5.32 Å². The first-order valence-corrected chi connectivity index (χ1v) is 7.60. The molecule has 2 atom stereocenters. The Labute approximate surface area is 124 Å². The lowest BCUT2D eigenvalue weighted by molar-refractivity contribution is -0.384. The molecule has 1 saturated carbocycles. The number of rotatable bonds is 4. The normalized spacial score (nSPS) is 22.6. The molecule has 2 rings (SSSR count). The number of anilines is 1. The van der Waals surface area contributed by atoms with Crippen LogP contribution >= 0.6 is 11.6 Å². The van der Waals surface area contributed by atoms with Crippen LogP contribution in [0.15, 0.2) is 12.1 Å². The largest absolute Gasteiger partial charge is 0.382 e. The Bertz CT molecular complexity index is 505. The summed E-state index contributed by atoms with van der Waals surface area (Å²) in [6, 6.07) is 3.68. The van der Waals surface area contributed by atoms with Crippen LogP contribution in [0, 0.1) is 23.0 Å². The molecule has 1 aromatic carbocycles. The molecular weight excluding hydrogens is 276 g/mol. The average molecular weight is 297 g/mol.